The number of hydrogen-bond acceptors (Lipinski definition) is 4. The van der Waals surface area contributed by atoms with Crippen LogP contribution in [0.25, 0.3) is 0 Å². The molecule has 2 N–H and O–H groups in total. The van der Waals surface area contributed by atoms with Crippen LogP contribution < -0.4 is 5.73 Å². The molecule has 1 saturated heterocycles. The van der Waals surface area contributed by atoms with Crippen LogP contribution in [0, 0.1) is 11.3 Å². The molecule has 1 aromatic rings. The summed E-state index contributed by atoms with van der Waals surface area (Å²) in [6.07, 6.45) is 0. The second-order valence-corrected chi connectivity index (χ2v) is 4.91. The van der Waals surface area contributed by atoms with Crippen LogP contribution in [0.5, 0.6) is 0 Å². The van der Waals surface area contributed by atoms with E-state index in [4.69, 9.17) is 10.5 Å². The Bertz CT molecular complexity index is 468. The lowest BCUT2D eigenvalue weighted by Gasteiger charge is -2.42. The number of anilines is 1. The Labute approximate surface area is 108 Å². The molecule has 4 heteroatoms. The average molecular weight is 245 g/mol. The molecule has 0 unspecified atom stereocenters. The molecule has 0 saturated carbocycles. The van der Waals surface area contributed by atoms with E-state index in [9.17, 15) is 5.26 Å². The van der Waals surface area contributed by atoms with Crippen molar-refractivity contribution in [2.45, 2.75) is 32.0 Å². The van der Waals surface area contributed by atoms with Crippen molar-refractivity contribution in [2.24, 2.45) is 0 Å². The molecule has 1 fully saturated rings. The maximum atomic E-state index is 9.23. The Morgan fingerprint density at radius 2 is 2.28 bits per heavy atom. The van der Waals surface area contributed by atoms with Gasteiger partial charge in [0.05, 0.1) is 12.7 Å². The first-order valence-corrected chi connectivity index (χ1v) is 6.19. The Morgan fingerprint density at radius 3 is 2.94 bits per heavy atom. The van der Waals surface area contributed by atoms with Crippen molar-refractivity contribution >= 4 is 5.69 Å². The zero-order valence-electron chi connectivity index (χ0n) is 10.9. The number of rotatable bonds is 2. The predicted molar refractivity (Wildman–Crippen MR) is 70.7 cm³/mol. The molecule has 96 valence electrons. The van der Waals surface area contributed by atoms with Crippen molar-refractivity contribution in [3.63, 3.8) is 0 Å². The molecule has 0 spiro atoms. The highest BCUT2D eigenvalue weighted by Gasteiger charge is 2.39. The first-order valence-electron chi connectivity index (χ1n) is 6.19. The molecule has 18 heavy (non-hydrogen) atoms. The predicted octanol–water partition coefficient (Wildman–Crippen LogP) is 1.77. The van der Waals surface area contributed by atoms with Crippen LogP contribution in [0.15, 0.2) is 24.3 Å². The van der Waals surface area contributed by atoms with Crippen LogP contribution >= 0.6 is 0 Å². The minimum absolute atomic E-state index is 0.0517. The van der Waals surface area contributed by atoms with Gasteiger partial charge in [-0.15, -0.1) is 0 Å². The maximum Gasteiger partial charge on any atom is 0.166 e. The van der Waals surface area contributed by atoms with E-state index in [-0.39, 0.29) is 6.04 Å². The summed E-state index contributed by atoms with van der Waals surface area (Å²) in [7, 11) is 0. The zero-order chi connectivity index (χ0) is 13.2. The van der Waals surface area contributed by atoms with E-state index in [1.54, 1.807) is 0 Å². The van der Waals surface area contributed by atoms with Crippen molar-refractivity contribution in [1.29, 1.82) is 5.26 Å². The van der Waals surface area contributed by atoms with Crippen molar-refractivity contribution in [3.05, 3.63) is 29.8 Å². The van der Waals surface area contributed by atoms with Crippen molar-refractivity contribution in [1.82, 2.24) is 4.90 Å². The third kappa shape index (κ3) is 2.33. The fourth-order valence-electron chi connectivity index (χ4n) is 2.28. The number of benzene rings is 1. The van der Waals surface area contributed by atoms with E-state index in [1.807, 2.05) is 38.1 Å². The summed E-state index contributed by atoms with van der Waals surface area (Å²) in [5.41, 5.74) is 7.13. The van der Waals surface area contributed by atoms with Crippen LogP contribution in [0.4, 0.5) is 5.69 Å². The minimum atomic E-state index is -0.734. The van der Waals surface area contributed by atoms with Gasteiger partial charge in [-0.1, -0.05) is 18.2 Å². The Kier molecular flexibility index (Phi) is 3.55. The Morgan fingerprint density at radius 1 is 1.56 bits per heavy atom. The van der Waals surface area contributed by atoms with Gasteiger partial charge in [-0.05, 0) is 25.5 Å². The first-order chi connectivity index (χ1) is 8.57. The molecule has 1 heterocycles. The molecular weight excluding hydrogens is 226 g/mol. The van der Waals surface area contributed by atoms with E-state index >= 15 is 0 Å². The largest absolute Gasteiger partial charge is 0.398 e. The quantitative estimate of drug-likeness (QED) is 0.807. The summed E-state index contributed by atoms with van der Waals surface area (Å²) in [6.45, 7) is 6.04. The van der Waals surface area contributed by atoms with E-state index in [0.717, 1.165) is 24.3 Å². The summed E-state index contributed by atoms with van der Waals surface area (Å²) in [5.74, 6) is 0. The van der Waals surface area contributed by atoms with Crippen molar-refractivity contribution < 1.29 is 4.74 Å². The number of ether oxygens (including phenoxy) is 1. The van der Waals surface area contributed by atoms with E-state index < -0.39 is 5.60 Å². The molecule has 0 aromatic heterocycles. The van der Waals surface area contributed by atoms with Crippen LogP contribution in [-0.2, 0) is 11.3 Å². The van der Waals surface area contributed by atoms with E-state index in [1.165, 1.54) is 0 Å². The van der Waals surface area contributed by atoms with Gasteiger partial charge in [0, 0.05) is 24.8 Å². The number of nitriles is 1. The van der Waals surface area contributed by atoms with Crippen LogP contribution in [0.2, 0.25) is 0 Å². The molecule has 2 rings (SSSR count). The number of para-hydroxylation sites is 1. The highest BCUT2D eigenvalue weighted by molar-refractivity contribution is 5.46. The SMILES string of the molecule is C[C@H]1N(Cc2ccccc2N)CCO[C@]1(C)C#N. The molecule has 1 aromatic carbocycles. The second-order valence-electron chi connectivity index (χ2n) is 4.91. The molecule has 0 bridgehead atoms. The van der Waals surface area contributed by atoms with Crippen LogP contribution in [-0.4, -0.2) is 29.7 Å². The molecule has 1 aliphatic rings. The molecule has 0 aliphatic carbocycles. The van der Waals surface area contributed by atoms with Crippen LogP contribution in [0.1, 0.15) is 19.4 Å². The molecule has 4 nitrogen and oxygen atoms in total. The minimum Gasteiger partial charge on any atom is -0.398 e. The average Bonchev–Trinajstić information content (AvgIpc) is 2.38. The van der Waals surface area contributed by atoms with Gasteiger partial charge >= 0.3 is 0 Å². The van der Waals surface area contributed by atoms with E-state index in [2.05, 4.69) is 11.0 Å². The lowest BCUT2D eigenvalue weighted by atomic mass is 9.95. The lowest BCUT2D eigenvalue weighted by Crippen LogP contribution is -2.55. The van der Waals surface area contributed by atoms with Crippen LogP contribution in [0.3, 0.4) is 0 Å². The number of hydrogen-bond donors (Lipinski definition) is 1. The van der Waals surface area contributed by atoms with Gasteiger partial charge in [0.2, 0.25) is 0 Å². The maximum absolute atomic E-state index is 9.23. The molecule has 0 radical (unpaired) electrons. The number of nitrogen functional groups attached to an aromatic ring is 1. The van der Waals surface area contributed by atoms with Gasteiger partial charge in [-0.2, -0.15) is 5.26 Å². The topological polar surface area (TPSA) is 62.3 Å². The summed E-state index contributed by atoms with van der Waals surface area (Å²) in [4.78, 5) is 2.25. The van der Waals surface area contributed by atoms with Gasteiger partial charge in [0.15, 0.2) is 5.60 Å². The smallest absolute Gasteiger partial charge is 0.166 e. The number of nitrogens with zero attached hydrogens (tertiary/aromatic N) is 2. The fraction of sp³-hybridized carbons (Fsp3) is 0.500. The summed E-state index contributed by atoms with van der Waals surface area (Å²) in [5, 5.41) is 9.23. The van der Waals surface area contributed by atoms with Gasteiger partial charge in [-0.3, -0.25) is 4.90 Å². The first kappa shape index (κ1) is 12.9. The highest BCUT2D eigenvalue weighted by atomic mass is 16.5. The zero-order valence-corrected chi connectivity index (χ0v) is 10.9. The Balaban J connectivity index is 2.15. The van der Waals surface area contributed by atoms with Gasteiger partial charge in [0.25, 0.3) is 0 Å². The van der Waals surface area contributed by atoms with Crippen molar-refractivity contribution in [3.8, 4) is 6.07 Å². The third-order valence-corrected chi connectivity index (χ3v) is 3.78. The highest BCUT2D eigenvalue weighted by Crippen LogP contribution is 2.26. The lowest BCUT2D eigenvalue weighted by molar-refractivity contribution is -0.101. The standard InChI is InChI=1S/C14H19N3O/c1-11-14(2,10-15)18-8-7-17(11)9-12-5-3-4-6-13(12)16/h3-6,11H,7-9,16H2,1-2H3/t11-,14-/m1/s1. The van der Waals surface area contributed by atoms with Gasteiger partial charge in [0.1, 0.15) is 0 Å². The molecule has 2 atom stereocenters. The van der Waals surface area contributed by atoms with Gasteiger partial charge in [-0.25, -0.2) is 0 Å². The summed E-state index contributed by atoms with van der Waals surface area (Å²) >= 11 is 0. The third-order valence-electron chi connectivity index (χ3n) is 3.78. The summed E-state index contributed by atoms with van der Waals surface area (Å²) < 4.78 is 5.59. The number of morpholine rings is 1. The van der Waals surface area contributed by atoms with Gasteiger partial charge < -0.3 is 10.5 Å². The van der Waals surface area contributed by atoms with E-state index in [0.29, 0.717) is 6.61 Å². The molecular formula is C14H19N3O. The molecule has 0 amide bonds. The normalized spacial score (nSPS) is 28.8. The number of nitrogens with two attached hydrogens (primary N) is 1. The Hall–Kier alpha value is -1.57. The second kappa shape index (κ2) is 4.97. The monoisotopic (exact) mass is 245 g/mol. The fourth-order valence-corrected chi connectivity index (χ4v) is 2.28. The van der Waals surface area contributed by atoms with Crippen molar-refractivity contribution in [2.75, 3.05) is 18.9 Å². The summed E-state index contributed by atoms with van der Waals surface area (Å²) in [6, 6.07) is 10.2. The molecule has 1 aliphatic heterocycles.